The minimum Gasteiger partial charge on any atom is -0.356 e. The van der Waals surface area contributed by atoms with Crippen LogP contribution in [0.5, 0.6) is 0 Å². The maximum Gasteiger partial charge on any atom is 0.220 e. The van der Waals surface area contributed by atoms with Crippen molar-refractivity contribution < 1.29 is 4.79 Å². The number of carbonyl (C=O) groups excluding carboxylic acids is 1. The van der Waals surface area contributed by atoms with Gasteiger partial charge in [0.15, 0.2) is 0 Å². The van der Waals surface area contributed by atoms with E-state index in [0.29, 0.717) is 18.3 Å². The van der Waals surface area contributed by atoms with Gasteiger partial charge < -0.3 is 10.6 Å². The van der Waals surface area contributed by atoms with E-state index in [-0.39, 0.29) is 5.91 Å². The molecule has 0 saturated carbocycles. The standard InChI is InChI=1S/C12H26N2O/c1-5-11(10(2)3)9-12(15)14-8-6-7-13-4/h10-11,13H,5-9H2,1-4H3,(H,14,15). The van der Waals surface area contributed by atoms with Gasteiger partial charge in [-0.2, -0.15) is 0 Å². The highest BCUT2D eigenvalue weighted by Gasteiger charge is 2.14. The third-order valence-electron chi connectivity index (χ3n) is 2.84. The predicted molar refractivity (Wildman–Crippen MR) is 64.8 cm³/mol. The van der Waals surface area contributed by atoms with Gasteiger partial charge in [0.2, 0.25) is 5.91 Å². The van der Waals surface area contributed by atoms with Crippen molar-refractivity contribution in [3.63, 3.8) is 0 Å². The molecule has 1 amide bonds. The van der Waals surface area contributed by atoms with E-state index in [0.717, 1.165) is 25.9 Å². The summed E-state index contributed by atoms with van der Waals surface area (Å²) in [4.78, 5) is 11.5. The van der Waals surface area contributed by atoms with Crippen LogP contribution in [0.1, 0.15) is 40.0 Å². The molecule has 0 aliphatic heterocycles. The fourth-order valence-corrected chi connectivity index (χ4v) is 1.65. The molecule has 0 rings (SSSR count). The van der Waals surface area contributed by atoms with E-state index < -0.39 is 0 Å². The lowest BCUT2D eigenvalue weighted by molar-refractivity contribution is -0.122. The molecule has 90 valence electrons. The van der Waals surface area contributed by atoms with Crippen LogP contribution in [-0.2, 0) is 4.79 Å². The lowest BCUT2D eigenvalue weighted by Crippen LogP contribution is -2.29. The van der Waals surface area contributed by atoms with Crippen molar-refractivity contribution in [1.29, 1.82) is 0 Å². The molecule has 1 unspecified atom stereocenters. The van der Waals surface area contributed by atoms with E-state index in [1.165, 1.54) is 0 Å². The van der Waals surface area contributed by atoms with E-state index in [4.69, 9.17) is 0 Å². The van der Waals surface area contributed by atoms with Crippen molar-refractivity contribution in [2.24, 2.45) is 11.8 Å². The van der Waals surface area contributed by atoms with Crippen LogP contribution in [-0.4, -0.2) is 26.0 Å². The van der Waals surface area contributed by atoms with Crippen molar-refractivity contribution >= 4 is 5.91 Å². The summed E-state index contributed by atoms with van der Waals surface area (Å²) in [6, 6.07) is 0. The Morgan fingerprint density at radius 1 is 1.27 bits per heavy atom. The topological polar surface area (TPSA) is 41.1 Å². The van der Waals surface area contributed by atoms with Gasteiger partial charge in [0.05, 0.1) is 0 Å². The maximum absolute atomic E-state index is 11.5. The molecule has 1 atom stereocenters. The summed E-state index contributed by atoms with van der Waals surface area (Å²) >= 11 is 0. The lowest BCUT2D eigenvalue weighted by Gasteiger charge is -2.18. The molecule has 0 spiro atoms. The summed E-state index contributed by atoms with van der Waals surface area (Å²) in [6.07, 6.45) is 2.76. The fourth-order valence-electron chi connectivity index (χ4n) is 1.65. The van der Waals surface area contributed by atoms with E-state index >= 15 is 0 Å². The first-order chi connectivity index (χ1) is 7.11. The Morgan fingerprint density at radius 3 is 2.40 bits per heavy atom. The Balaban J connectivity index is 3.62. The van der Waals surface area contributed by atoms with Crippen molar-refractivity contribution in [1.82, 2.24) is 10.6 Å². The van der Waals surface area contributed by atoms with E-state index in [2.05, 4.69) is 31.4 Å². The molecule has 0 fully saturated rings. The van der Waals surface area contributed by atoms with E-state index in [1.54, 1.807) is 0 Å². The van der Waals surface area contributed by atoms with Gasteiger partial charge in [-0.1, -0.05) is 27.2 Å². The van der Waals surface area contributed by atoms with Crippen LogP contribution >= 0.6 is 0 Å². The highest BCUT2D eigenvalue weighted by Crippen LogP contribution is 2.18. The Morgan fingerprint density at radius 2 is 1.93 bits per heavy atom. The Kier molecular flexibility index (Phi) is 8.38. The number of hydrogen-bond acceptors (Lipinski definition) is 2. The normalized spacial score (nSPS) is 12.9. The van der Waals surface area contributed by atoms with Crippen LogP contribution in [0.25, 0.3) is 0 Å². The number of hydrogen-bond donors (Lipinski definition) is 2. The summed E-state index contributed by atoms with van der Waals surface area (Å²) in [5.74, 6) is 1.32. The molecule has 0 bridgehead atoms. The van der Waals surface area contributed by atoms with Crippen molar-refractivity contribution in [3.05, 3.63) is 0 Å². The molecule has 0 heterocycles. The molecule has 0 aliphatic rings. The zero-order valence-corrected chi connectivity index (χ0v) is 10.6. The van der Waals surface area contributed by atoms with Gasteiger partial charge in [-0.3, -0.25) is 4.79 Å². The molecule has 15 heavy (non-hydrogen) atoms. The number of carbonyl (C=O) groups is 1. The molecule has 3 heteroatoms. The number of nitrogens with one attached hydrogen (secondary N) is 2. The predicted octanol–water partition coefficient (Wildman–Crippen LogP) is 1.78. The van der Waals surface area contributed by atoms with Gasteiger partial charge in [-0.15, -0.1) is 0 Å². The molecule has 0 saturated heterocycles. The zero-order valence-electron chi connectivity index (χ0n) is 10.6. The summed E-state index contributed by atoms with van der Waals surface area (Å²) in [6.45, 7) is 8.26. The monoisotopic (exact) mass is 214 g/mol. The van der Waals surface area contributed by atoms with Crippen LogP contribution in [0.4, 0.5) is 0 Å². The Labute approximate surface area is 94.0 Å². The van der Waals surface area contributed by atoms with Crippen molar-refractivity contribution in [2.45, 2.75) is 40.0 Å². The quantitative estimate of drug-likeness (QED) is 0.605. The zero-order chi connectivity index (χ0) is 11.7. The molecule has 3 nitrogen and oxygen atoms in total. The van der Waals surface area contributed by atoms with Crippen molar-refractivity contribution in [3.8, 4) is 0 Å². The molecule has 0 aromatic rings. The summed E-state index contributed by atoms with van der Waals surface area (Å²) in [5, 5.41) is 6.02. The Bertz CT molecular complexity index is 169. The minimum absolute atomic E-state index is 0.201. The third kappa shape index (κ3) is 7.37. The van der Waals surface area contributed by atoms with Crippen LogP contribution in [0.2, 0.25) is 0 Å². The molecule has 2 N–H and O–H groups in total. The van der Waals surface area contributed by atoms with Gasteiger partial charge in [0.1, 0.15) is 0 Å². The maximum atomic E-state index is 11.5. The summed E-state index contributed by atoms with van der Waals surface area (Å²) in [7, 11) is 1.92. The largest absolute Gasteiger partial charge is 0.356 e. The van der Waals surface area contributed by atoms with Crippen molar-refractivity contribution in [2.75, 3.05) is 20.1 Å². The molecule has 0 aliphatic carbocycles. The molecule has 0 radical (unpaired) electrons. The fraction of sp³-hybridized carbons (Fsp3) is 0.917. The summed E-state index contributed by atoms with van der Waals surface area (Å²) in [5.41, 5.74) is 0. The first-order valence-electron chi connectivity index (χ1n) is 6.03. The van der Waals surface area contributed by atoms with Gasteiger partial charge in [-0.25, -0.2) is 0 Å². The van der Waals surface area contributed by atoms with Gasteiger partial charge in [0, 0.05) is 13.0 Å². The van der Waals surface area contributed by atoms with Crippen LogP contribution in [0.3, 0.4) is 0 Å². The van der Waals surface area contributed by atoms with Gasteiger partial charge >= 0.3 is 0 Å². The first-order valence-corrected chi connectivity index (χ1v) is 6.03. The SMILES string of the molecule is CCC(CC(=O)NCCCNC)C(C)C. The first kappa shape index (κ1) is 14.4. The second-order valence-electron chi connectivity index (χ2n) is 4.42. The van der Waals surface area contributed by atoms with E-state index in [9.17, 15) is 4.79 Å². The molecular formula is C12H26N2O. The molecule has 0 aromatic heterocycles. The van der Waals surface area contributed by atoms with Gasteiger partial charge in [0.25, 0.3) is 0 Å². The second-order valence-corrected chi connectivity index (χ2v) is 4.42. The van der Waals surface area contributed by atoms with Gasteiger partial charge in [-0.05, 0) is 31.8 Å². The van der Waals surface area contributed by atoms with Crippen LogP contribution < -0.4 is 10.6 Å². The number of amides is 1. The third-order valence-corrected chi connectivity index (χ3v) is 2.84. The van der Waals surface area contributed by atoms with E-state index in [1.807, 2.05) is 7.05 Å². The lowest BCUT2D eigenvalue weighted by atomic mass is 9.90. The van der Waals surface area contributed by atoms with Crippen LogP contribution in [0.15, 0.2) is 0 Å². The van der Waals surface area contributed by atoms with Crippen LogP contribution in [0, 0.1) is 11.8 Å². The highest BCUT2D eigenvalue weighted by atomic mass is 16.1. The molecular weight excluding hydrogens is 188 g/mol. The second kappa shape index (κ2) is 8.72. The Hall–Kier alpha value is -0.570. The number of rotatable bonds is 8. The average Bonchev–Trinajstić information content (AvgIpc) is 2.20. The smallest absolute Gasteiger partial charge is 0.220 e. The highest BCUT2D eigenvalue weighted by molar-refractivity contribution is 5.76. The average molecular weight is 214 g/mol. The minimum atomic E-state index is 0.201. The molecule has 0 aromatic carbocycles. The summed E-state index contributed by atoms with van der Waals surface area (Å²) < 4.78 is 0.